The van der Waals surface area contributed by atoms with Gasteiger partial charge in [-0.3, -0.25) is 4.79 Å². The highest BCUT2D eigenvalue weighted by molar-refractivity contribution is 6.04. The largest absolute Gasteiger partial charge is 0.397 e. The molecule has 0 unspecified atom stereocenters. The summed E-state index contributed by atoms with van der Waals surface area (Å²) in [6, 6.07) is 0. The molecule has 0 atom stereocenters. The number of hydrogen-bond donors (Lipinski definition) is 1. The summed E-state index contributed by atoms with van der Waals surface area (Å²) in [6.07, 6.45) is 10.3. The van der Waals surface area contributed by atoms with Crippen LogP contribution < -0.4 is 5.73 Å². The molecule has 4 fully saturated rings. The van der Waals surface area contributed by atoms with E-state index in [9.17, 15) is 4.79 Å². The van der Waals surface area contributed by atoms with E-state index in [0.29, 0.717) is 11.3 Å². The van der Waals surface area contributed by atoms with Gasteiger partial charge in [0.05, 0.1) is 23.6 Å². The highest BCUT2D eigenvalue weighted by Crippen LogP contribution is 2.61. The molecule has 4 nitrogen and oxygen atoms in total. The van der Waals surface area contributed by atoms with Gasteiger partial charge in [0, 0.05) is 5.41 Å². The van der Waals surface area contributed by atoms with Crippen molar-refractivity contribution in [1.82, 2.24) is 10.2 Å². The van der Waals surface area contributed by atoms with Crippen molar-refractivity contribution in [3.8, 4) is 0 Å². The van der Waals surface area contributed by atoms with Gasteiger partial charge in [-0.05, 0) is 56.3 Å². The van der Waals surface area contributed by atoms with E-state index >= 15 is 0 Å². The summed E-state index contributed by atoms with van der Waals surface area (Å²) >= 11 is 0. The molecular formula is C15H19N3O. The lowest BCUT2D eigenvalue weighted by Gasteiger charge is -2.55. The van der Waals surface area contributed by atoms with Crippen LogP contribution in [0.3, 0.4) is 0 Å². The van der Waals surface area contributed by atoms with E-state index in [4.69, 9.17) is 5.73 Å². The van der Waals surface area contributed by atoms with E-state index in [1.54, 1.807) is 6.20 Å². The van der Waals surface area contributed by atoms with Gasteiger partial charge in [-0.1, -0.05) is 0 Å². The van der Waals surface area contributed by atoms with Crippen LogP contribution in [0.5, 0.6) is 0 Å². The normalized spacial score (nSPS) is 39.5. The number of carbonyl (C=O) groups excluding carboxylic acids is 1. The second-order valence-electron chi connectivity index (χ2n) is 6.89. The van der Waals surface area contributed by atoms with Gasteiger partial charge >= 0.3 is 0 Å². The van der Waals surface area contributed by atoms with Gasteiger partial charge < -0.3 is 5.73 Å². The highest BCUT2D eigenvalue weighted by Gasteiger charge is 2.54. The first-order chi connectivity index (χ1) is 9.16. The van der Waals surface area contributed by atoms with Crippen molar-refractivity contribution in [1.29, 1.82) is 0 Å². The third-order valence-electron chi connectivity index (χ3n) is 5.53. The smallest absolute Gasteiger partial charge is 0.172 e. The number of rotatable bonds is 2. The lowest BCUT2D eigenvalue weighted by molar-refractivity contribution is -0.0352. The van der Waals surface area contributed by atoms with E-state index in [-0.39, 0.29) is 11.2 Å². The van der Waals surface area contributed by atoms with E-state index < -0.39 is 0 Å². The fourth-order valence-corrected chi connectivity index (χ4v) is 5.19. The van der Waals surface area contributed by atoms with Crippen molar-refractivity contribution >= 4 is 11.5 Å². The van der Waals surface area contributed by atoms with E-state index in [2.05, 4.69) is 10.2 Å². The number of Topliss-reactive ketones (excluding diaryl/α,β-unsaturated/α-hetero) is 1. The highest BCUT2D eigenvalue weighted by atomic mass is 16.1. The molecule has 0 amide bonds. The Hall–Kier alpha value is -1.45. The number of ketones is 1. The van der Waals surface area contributed by atoms with Crippen molar-refractivity contribution in [2.24, 2.45) is 23.2 Å². The van der Waals surface area contributed by atoms with E-state index in [0.717, 1.165) is 37.0 Å². The predicted molar refractivity (Wildman–Crippen MR) is 71.4 cm³/mol. The molecule has 1 aromatic rings. The number of aromatic nitrogens is 2. The number of hydrogen-bond acceptors (Lipinski definition) is 4. The van der Waals surface area contributed by atoms with Gasteiger partial charge in [0.15, 0.2) is 5.78 Å². The number of nitrogens with two attached hydrogens (primary N) is 1. The molecule has 2 N–H and O–H groups in total. The molecule has 0 radical (unpaired) electrons. The van der Waals surface area contributed by atoms with Crippen molar-refractivity contribution in [3.05, 3.63) is 18.0 Å². The molecule has 0 spiro atoms. The molecule has 0 saturated heterocycles. The SMILES string of the molecule is Nc1cnncc1C(=O)C12CC3CC(CC(C3)C1)C2. The second-order valence-corrected chi connectivity index (χ2v) is 6.89. The number of nitrogen functional groups attached to an aromatic ring is 1. The lowest BCUT2D eigenvalue weighted by atomic mass is 9.48. The van der Waals surface area contributed by atoms with Crippen molar-refractivity contribution in [2.75, 3.05) is 5.73 Å². The van der Waals surface area contributed by atoms with Crippen LogP contribution in [0.1, 0.15) is 48.9 Å². The van der Waals surface area contributed by atoms with Crippen LogP contribution in [0.15, 0.2) is 12.4 Å². The fourth-order valence-electron chi connectivity index (χ4n) is 5.19. The first-order valence-electron chi connectivity index (χ1n) is 7.27. The van der Waals surface area contributed by atoms with Crippen LogP contribution in [0.25, 0.3) is 0 Å². The van der Waals surface area contributed by atoms with E-state index in [1.165, 1.54) is 25.5 Å². The van der Waals surface area contributed by atoms with Crippen LogP contribution in [0.4, 0.5) is 5.69 Å². The van der Waals surface area contributed by atoms with Gasteiger partial charge in [0.25, 0.3) is 0 Å². The fraction of sp³-hybridized carbons (Fsp3) is 0.667. The monoisotopic (exact) mass is 257 g/mol. The third-order valence-corrected chi connectivity index (χ3v) is 5.53. The molecule has 1 aromatic heterocycles. The molecule has 4 aliphatic rings. The predicted octanol–water partition coefficient (Wildman–Crippen LogP) is 2.46. The lowest BCUT2D eigenvalue weighted by Crippen LogP contribution is -2.50. The summed E-state index contributed by atoms with van der Waals surface area (Å²) in [5, 5.41) is 7.59. The molecule has 4 heteroatoms. The molecule has 0 aromatic carbocycles. The Morgan fingerprint density at radius 3 is 2.11 bits per heavy atom. The Bertz CT molecular complexity index is 505. The zero-order valence-corrected chi connectivity index (χ0v) is 11.0. The Labute approximate surface area is 112 Å². The number of anilines is 1. The van der Waals surface area contributed by atoms with Crippen molar-refractivity contribution in [2.45, 2.75) is 38.5 Å². The minimum Gasteiger partial charge on any atom is -0.397 e. The number of nitrogens with zero attached hydrogens (tertiary/aromatic N) is 2. The van der Waals surface area contributed by atoms with Crippen molar-refractivity contribution < 1.29 is 4.79 Å². The molecule has 0 aliphatic heterocycles. The zero-order valence-electron chi connectivity index (χ0n) is 11.0. The van der Waals surface area contributed by atoms with E-state index in [1.807, 2.05) is 0 Å². The zero-order chi connectivity index (χ0) is 13.0. The van der Waals surface area contributed by atoms with Gasteiger partial charge in [-0.15, -0.1) is 0 Å². The summed E-state index contributed by atoms with van der Waals surface area (Å²) < 4.78 is 0. The average molecular weight is 257 g/mol. The summed E-state index contributed by atoms with van der Waals surface area (Å²) in [6.45, 7) is 0. The first kappa shape index (κ1) is 11.4. The molecular weight excluding hydrogens is 238 g/mol. The Morgan fingerprint density at radius 2 is 1.58 bits per heavy atom. The molecule has 19 heavy (non-hydrogen) atoms. The Morgan fingerprint density at radius 1 is 1.05 bits per heavy atom. The van der Waals surface area contributed by atoms with Crippen LogP contribution in [0, 0.1) is 23.2 Å². The molecule has 100 valence electrons. The molecule has 4 bridgehead atoms. The van der Waals surface area contributed by atoms with Crippen LogP contribution in [-0.4, -0.2) is 16.0 Å². The maximum absolute atomic E-state index is 13.0. The van der Waals surface area contributed by atoms with Gasteiger partial charge in [-0.25, -0.2) is 0 Å². The topological polar surface area (TPSA) is 68.9 Å². The maximum atomic E-state index is 13.0. The van der Waals surface area contributed by atoms with Gasteiger partial charge in [-0.2, -0.15) is 10.2 Å². The second kappa shape index (κ2) is 3.78. The molecule has 4 saturated carbocycles. The summed E-state index contributed by atoms with van der Waals surface area (Å²) in [5.41, 5.74) is 6.86. The summed E-state index contributed by atoms with van der Waals surface area (Å²) in [5.74, 6) is 2.54. The minimum atomic E-state index is -0.133. The van der Waals surface area contributed by atoms with Crippen LogP contribution in [-0.2, 0) is 0 Å². The quantitative estimate of drug-likeness (QED) is 0.826. The minimum absolute atomic E-state index is 0.133. The average Bonchev–Trinajstić information content (AvgIpc) is 2.37. The Kier molecular flexibility index (Phi) is 2.26. The van der Waals surface area contributed by atoms with Gasteiger partial charge in [0.1, 0.15) is 0 Å². The van der Waals surface area contributed by atoms with Gasteiger partial charge in [0.2, 0.25) is 0 Å². The molecule has 4 aliphatic carbocycles. The summed E-state index contributed by atoms with van der Waals surface area (Å²) in [4.78, 5) is 13.0. The standard InChI is InChI=1S/C15H19N3O/c16-13-8-18-17-7-12(13)14(19)15-4-9-1-10(5-15)3-11(2-9)6-15/h7-11H,1-6H2,(H2,16,17). The molecule has 5 rings (SSSR count). The van der Waals surface area contributed by atoms with Crippen molar-refractivity contribution in [3.63, 3.8) is 0 Å². The van der Waals surface area contributed by atoms with Crippen LogP contribution in [0.2, 0.25) is 0 Å². The summed E-state index contributed by atoms with van der Waals surface area (Å²) in [7, 11) is 0. The third kappa shape index (κ3) is 1.62. The van der Waals surface area contributed by atoms with Crippen LogP contribution >= 0.6 is 0 Å². The molecule has 1 heterocycles. The maximum Gasteiger partial charge on any atom is 0.172 e. The first-order valence-corrected chi connectivity index (χ1v) is 7.27. The Balaban J connectivity index is 1.72. The number of carbonyl (C=O) groups is 1.